The summed E-state index contributed by atoms with van der Waals surface area (Å²) in [5.41, 5.74) is 3.36. The summed E-state index contributed by atoms with van der Waals surface area (Å²) in [7, 11) is 1.60. The quantitative estimate of drug-likeness (QED) is 0.872. The number of fused-ring (bicyclic) bond motifs is 1. The van der Waals surface area contributed by atoms with Crippen molar-refractivity contribution in [1.29, 1.82) is 0 Å². The zero-order valence-corrected chi connectivity index (χ0v) is 15.0. The number of hydrogen-bond donors (Lipinski definition) is 2. The van der Waals surface area contributed by atoms with Crippen LogP contribution >= 0.6 is 0 Å². The van der Waals surface area contributed by atoms with Crippen LogP contribution in [-0.4, -0.2) is 25.6 Å². The van der Waals surface area contributed by atoms with E-state index in [-0.39, 0.29) is 11.9 Å². The molecular weight excluding hydrogens is 330 g/mol. The van der Waals surface area contributed by atoms with E-state index in [9.17, 15) is 9.59 Å². The molecule has 2 aromatic rings. The highest BCUT2D eigenvalue weighted by atomic mass is 16.5. The minimum Gasteiger partial charge on any atom is -0.497 e. The summed E-state index contributed by atoms with van der Waals surface area (Å²) in [5, 5.41) is 5.61. The SMILES string of the molecule is CCC(=O)N1CCCc2ccc(NC(=O)Nc3ccc(OC)cc3)cc21. The first-order chi connectivity index (χ1) is 12.6. The van der Waals surface area contributed by atoms with E-state index in [1.54, 1.807) is 31.4 Å². The van der Waals surface area contributed by atoms with E-state index in [2.05, 4.69) is 10.6 Å². The van der Waals surface area contributed by atoms with Crippen molar-refractivity contribution < 1.29 is 14.3 Å². The average molecular weight is 353 g/mol. The zero-order valence-electron chi connectivity index (χ0n) is 15.0. The number of ether oxygens (including phenoxy) is 1. The topological polar surface area (TPSA) is 70.7 Å². The fourth-order valence-electron chi connectivity index (χ4n) is 3.07. The number of carbonyl (C=O) groups is 2. The Labute approximate surface area is 153 Å². The molecule has 0 fully saturated rings. The molecule has 0 saturated heterocycles. The number of nitrogens with one attached hydrogen (secondary N) is 2. The lowest BCUT2D eigenvalue weighted by atomic mass is 10.0. The molecule has 6 nitrogen and oxygen atoms in total. The smallest absolute Gasteiger partial charge is 0.323 e. The van der Waals surface area contributed by atoms with E-state index in [0.29, 0.717) is 17.8 Å². The van der Waals surface area contributed by atoms with Crippen molar-refractivity contribution in [2.75, 3.05) is 29.2 Å². The highest BCUT2D eigenvalue weighted by Gasteiger charge is 2.21. The Balaban J connectivity index is 1.71. The molecule has 0 spiro atoms. The highest BCUT2D eigenvalue weighted by Crippen LogP contribution is 2.30. The van der Waals surface area contributed by atoms with Gasteiger partial charge in [-0.3, -0.25) is 4.79 Å². The summed E-state index contributed by atoms with van der Waals surface area (Å²) < 4.78 is 5.10. The van der Waals surface area contributed by atoms with Gasteiger partial charge in [0.2, 0.25) is 5.91 Å². The highest BCUT2D eigenvalue weighted by molar-refractivity contribution is 6.01. The Hall–Kier alpha value is -3.02. The molecular formula is C20H23N3O3. The van der Waals surface area contributed by atoms with Crippen LogP contribution in [0.15, 0.2) is 42.5 Å². The van der Waals surface area contributed by atoms with E-state index in [1.165, 1.54) is 0 Å². The zero-order chi connectivity index (χ0) is 18.5. The lowest BCUT2D eigenvalue weighted by Crippen LogP contribution is -2.35. The van der Waals surface area contributed by atoms with Gasteiger partial charge in [0.25, 0.3) is 0 Å². The number of anilines is 3. The fraction of sp³-hybridized carbons (Fsp3) is 0.300. The van der Waals surface area contributed by atoms with Crippen molar-refractivity contribution in [2.24, 2.45) is 0 Å². The number of hydrogen-bond acceptors (Lipinski definition) is 3. The van der Waals surface area contributed by atoms with Crippen molar-refractivity contribution in [3.8, 4) is 5.75 Å². The van der Waals surface area contributed by atoms with Gasteiger partial charge in [-0.05, 0) is 54.8 Å². The lowest BCUT2D eigenvalue weighted by Gasteiger charge is -2.29. The van der Waals surface area contributed by atoms with Gasteiger partial charge in [-0.15, -0.1) is 0 Å². The maximum atomic E-state index is 12.2. The summed E-state index contributed by atoms with van der Waals surface area (Å²) in [6.07, 6.45) is 2.37. The van der Waals surface area contributed by atoms with Crippen LogP contribution in [0.3, 0.4) is 0 Å². The van der Waals surface area contributed by atoms with Crippen LogP contribution in [0.2, 0.25) is 0 Å². The second-order valence-electron chi connectivity index (χ2n) is 6.15. The Morgan fingerprint density at radius 2 is 1.77 bits per heavy atom. The minimum absolute atomic E-state index is 0.103. The molecule has 0 bridgehead atoms. The molecule has 1 aliphatic heterocycles. The molecule has 3 rings (SSSR count). The number of rotatable bonds is 4. The molecule has 1 heterocycles. The summed E-state index contributed by atoms with van der Waals surface area (Å²) in [4.78, 5) is 26.2. The molecule has 2 aromatic carbocycles. The molecule has 1 aliphatic rings. The van der Waals surface area contributed by atoms with Gasteiger partial charge in [-0.2, -0.15) is 0 Å². The van der Waals surface area contributed by atoms with E-state index >= 15 is 0 Å². The third kappa shape index (κ3) is 3.96. The van der Waals surface area contributed by atoms with Crippen LogP contribution in [0.4, 0.5) is 21.9 Å². The maximum absolute atomic E-state index is 12.2. The van der Waals surface area contributed by atoms with Gasteiger partial charge in [0, 0.05) is 30.0 Å². The molecule has 0 aliphatic carbocycles. The number of nitrogens with zero attached hydrogens (tertiary/aromatic N) is 1. The number of carbonyl (C=O) groups excluding carboxylic acids is 2. The van der Waals surface area contributed by atoms with Crippen molar-refractivity contribution in [3.05, 3.63) is 48.0 Å². The molecule has 0 saturated carbocycles. The van der Waals surface area contributed by atoms with Gasteiger partial charge in [0.15, 0.2) is 0 Å². The van der Waals surface area contributed by atoms with Crippen molar-refractivity contribution in [3.63, 3.8) is 0 Å². The van der Waals surface area contributed by atoms with Crippen molar-refractivity contribution in [2.45, 2.75) is 26.2 Å². The number of methoxy groups -OCH3 is 1. The Bertz CT molecular complexity index is 802. The fourth-order valence-corrected chi connectivity index (χ4v) is 3.07. The maximum Gasteiger partial charge on any atom is 0.323 e. The third-order valence-electron chi connectivity index (χ3n) is 4.41. The Kier molecular flexibility index (Phi) is 5.41. The molecule has 26 heavy (non-hydrogen) atoms. The third-order valence-corrected chi connectivity index (χ3v) is 4.41. The molecule has 6 heteroatoms. The van der Waals surface area contributed by atoms with Crippen LogP contribution < -0.4 is 20.3 Å². The molecule has 0 aromatic heterocycles. The van der Waals surface area contributed by atoms with E-state index in [0.717, 1.165) is 36.4 Å². The van der Waals surface area contributed by atoms with Crippen molar-refractivity contribution >= 4 is 29.0 Å². The van der Waals surface area contributed by atoms with Crippen LogP contribution in [0.25, 0.3) is 0 Å². The first-order valence-electron chi connectivity index (χ1n) is 8.76. The summed E-state index contributed by atoms with van der Waals surface area (Å²) in [5.74, 6) is 0.831. The van der Waals surface area contributed by atoms with Gasteiger partial charge >= 0.3 is 6.03 Å². The summed E-state index contributed by atoms with van der Waals surface area (Å²) >= 11 is 0. The lowest BCUT2D eigenvalue weighted by molar-refractivity contribution is -0.118. The van der Waals surface area contributed by atoms with Crippen LogP contribution in [-0.2, 0) is 11.2 Å². The Morgan fingerprint density at radius 1 is 1.08 bits per heavy atom. The normalized spacial score (nSPS) is 12.9. The van der Waals surface area contributed by atoms with Crippen molar-refractivity contribution in [1.82, 2.24) is 0 Å². The van der Waals surface area contributed by atoms with E-state index < -0.39 is 0 Å². The van der Waals surface area contributed by atoms with Gasteiger partial charge in [0.1, 0.15) is 5.75 Å². The molecule has 136 valence electrons. The molecule has 2 N–H and O–H groups in total. The molecule has 3 amide bonds. The first-order valence-corrected chi connectivity index (χ1v) is 8.76. The van der Waals surface area contributed by atoms with Gasteiger partial charge < -0.3 is 20.3 Å². The van der Waals surface area contributed by atoms with Crippen LogP contribution in [0.1, 0.15) is 25.3 Å². The number of aryl methyl sites for hydroxylation is 1. The summed E-state index contributed by atoms with van der Waals surface area (Å²) in [6.45, 7) is 2.59. The largest absolute Gasteiger partial charge is 0.497 e. The molecule has 0 atom stereocenters. The molecule has 0 radical (unpaired) electrons. The minimum atomic E-state index is -0.334. The number of amides is 3. The standard InChI is InChI=1S/C20H23N3O3/c1-3-19(24)23-12-4-5-14-6-7-16(13-18(14)23)22-20(25)21-15-8-10-17(26-2)11-9-15/h6-11,13H,3-5,12H2,1-2H3,(H2,21,22,25). The summed E-state index contributed by atoms with van der Waals surface area (Å²) in [6, 6.07) is 12.5. The second-order valence-corrected chi connectivity index (χ2v) is 6.15. The van der Waals surface area contributed by atoms with Crippen LogP contribution in [0.5, 0.6) is 5.75 Å². The number of benzene rings is 2. The number of urea groups is 1. The first kappa shape index (κ1) is 17.8. The predicted molar refractivity (Wildman–Crippen MR) is 103 cm³/mol. The second kappa shape index (κ2) is 7.91. The van der Waals surface area contributed by atoms with E-state index in [4.69, 9.17) is 4.74 Å². The van der Waals surface area contributed by atoms with Crippen LogP contribution in [0, 0.1) is 0 Å². The van der Waals surface area contributed by atoms with Gasteiger partial charge in [-0.25, -0.2) is 4.79 Å². The molecule has 0 unspecified atom stereocenters. The predicted octanol–water partition coefficient (Wildman–Crippen LogP) is 4.03. The Morgan fingerprint density at radius 3 is 2.46 bits per heavy atom. The van der Waals surface area contributed by atoms with Gasteiger partial charge in [-0.1, -0.05) is 13.0 Å². The monoisotopic (exact) mass is 353 g/mol. The average Bonchev–Trinajstić information content (AvgIpc) is 2.67. The van der Waals surface area contributed by atoms with E-state index in [1.807, 2.05) is 30.0 Å². The van der Waals surface area contributed by atoms with Gasteiger partial charge in [0.05, 0.1) is 7.11 Å².